The van der Waals surface area contributed by atoms with Crippen molar-refractivity contribution in [1.82, 2.24) is 19.9 Å². The highest BCUT2D eigenvalue weighted by Gasteiger charge is 2.32. The summed E-state index contributed by atoms with van der Waals surface area (Å²) in [5.41, 5.74) is -0.567. The van der Waals surface area contributed by atoms with Crippen LogP contribution in [0, 0.1) is 0 Å². The van der Waals surface area contributed by atoms with Crippen molar-refractivity contribution in [2.75, 3.05) is 23.7 Å². The molecule has 3 aromatic rings. The Hall–Kier alpha value is -3.67. The SMILES string of the molecule is CC(=O)Nc1cc([C@@H](C)Nc2ncnc3c2cc(O[C@H]2CCNC2)c(=O)n3C)cc(C(F)(F)F)c1. The Morgan fingerprint density at radius 3 is 2.69 bits per heavy atom. The first-order chi connectivity index (χ1) is 16.5. The van der Waals surface area contributed by atoms with Crippen LogP contribution in [0.5, 0.6) is 5.75 Å². The molecule has 1 aromatic carbocycles. The molecular weight excluding hydrogens is 465 g/mol. The molecule has 0 spiro atoms. The maximum atomic E-state index is 13.5. The number of anilines is 2. The van der Waals surface area contributed by atoms with Crippen LogP contribution in [-0.2, 0) is 18.0 Å². The molecule has 1 aliphatic heterocycles. The third-order valence-electron chi connectivity index (χ3n) is 5.74. The van der Waals surface area contributed by atoms with Crippen molar-refractivity contribution in [3.05, 3.63) is 52.1 Å². The smallest absolute Gasteiger partial charge is 0.416 e. The molecule has 4 rings (SSSR count). The van der Waals surface area contributed by atoms with Crippen LogP contribution in [0.1, 0.15) is 37.4 Å². The number of benzene rings is 1. The normalized spacial score (nSPS) is 16.8. The van der Waals surface area contributed by atoms with Crippen LogP contribution < -0.4 is 26.2 Å². The summed E-state index contributed by atoms with van der Waals surface area (Å²) >= 11 is 0. The van der Waals surface area contributed by atoms with Gasteiger partial charge in [0, 0.05) is 32.3 Å². The molecule has 1 saturated heterocycles. The lowest BCUT2D eigenvalue weighted by Gasteiger charge is -2.20. The molecule has 186 valence electrons. The predicted molar refractivity (Wildman–Crippen MR) is 124 cm³/mol. The van der Waals surface area contributed by atoms with E-state index < -0.39 is 23.7 Å². The molecule has 3 heterocycles. The lowest BCUT2D eigenvalue weighted by atomic mass is 10.0. The van der Waals surface area contributed by atoms with Gasteiger partial charge in [0.05, 0.1) is 17.0 Å². The summed E-state index contributed by atoms with van der Waals surface area (Å²) < 4.78 is 47.7. The number of hydrogen-bond acceptors (Lipinski definition) is 7. The number of amides is 1. The summed E-state index contributed by atoms with van der Waals surface area (Å²) in [7, 11) is 1.57. The van der Waals surface area contributed by atoms with Crippen molar-refractivity contribution in [3.8, 4) is 5.75 Å². The third kappa shape index (κ3) is 5.37. The van der Waals surface area contributed by atoms with Gasteiger partial charge < -0.3 is 20.7 Å². The highest BCUT2D eigenvalue weighted by atomic mass is 19.4. The minimum atomic E-state index is -4.59. The number of pyridine rings is 1. The molecule has 1 amide bonds. The van der Waals surface area contributed by atoms with E-state index in [1.807, 2.05) is 0 Å². The number of alkyl halides is 3. The number of aryl methyl sites for hydroxylation is 1. The summed E-state index contributed by atoms with van der Waals surface area (Å²) in [6.45, 7) is 4.31. The van der Waals surface area contributed by atoms with Gasteiger partial charge in [0.1, 0.15) is 23.9 Å². The van der Waals surface area contributed by atoms with E-state index in [1.165, 1.54) is 23.9 Å². The number of halogens is 3. The van der Waals surface area contributed by atoms with E-state index in [1.54, 1.807) is 20.0 Å². The molecule has 35 heavy (non-hydrogen) atoms. The standard InChI is InChI=1S/C23H25F3N6O3/c1-12(14-6-15(23(24,25)26)8-16(7-14)31-13(2)33)30-20-18-9-19(35-17-4-5-27-10-17)22(34)32(3)21(18)29-11-28-20/h6-9,11-12,17,27H,4-5,10H2,1-3H3,(H,31,33)(H,28,29,30)/t12-,17+/m1/s1. The van der Waals surface area contributed by atoms with E-state index in [2.05, 4.69) is 25.9 Å². The van der Waals surface area contributed by atoms with Gasteiger partial charge in [0.15, 0.2) is 5.75 Å². The monoisotopic (exact) mass is 490 g/mol. The average molecular weight is 490 g/mol. The quantitative estimate of drug-likeness (QED) is 0.487. The fourth-order valence-electron chi connectivity index (χ4n) is 3.98. The molecule has 1 aliphatic rings. The number of aromatic nitrogens is 3. The van der Waals surface area contributed by atoms with Crippen LogP contribution in [-0.4, -0.2) is 39.6 Å². The van der Waals surface area contributed by atoms with Gasteiger partial charge in [0.2, 0.25) is 5.91 Å². The van der Waals surface area contributed by atoms with Crippen molar-refractivity contribution < 1.29 is 22.7 Å². The topological polar surface area (TPSA) is 110 Å². The van der Waals surface area contributed by atoms with E-state index in [0.29, 0.717) is 23.4 Å². The molecule has 2 atom stereocenters. The molecule has 3 N–H and O–H groups in total. The average Bonchev–Trinajstić information content (AvgIpc) is 3.29. The summed E-state index contributed by atoms with van der Waals surface area (Å²) in [6.07, 6.45) is -2.70. The highest BCUT2D eigenvalue weighted by Crippen LogP contribution is 2.34. The molecule has 0 saturated carbocycles. The zero-order valence-corrected chi connectivity index (χ0v) is 19.4. The highest BCUT2D eigenvalue weighted by molar-refractivity contribution is 5.89. The molecule has 0 radical (unpaired) electrons. The van der Waals surface area contributed by atoms with Crippen LogP contribution in [0.2, 0.25) is 0 Å². The minimum absolute atomic E-state index is 0.0341. The van der Waals surface area contributed by atoms with Crippen LogP contribution in [0.25, 0.3) is 11.0 Å². The molecule has 0 bridgehead atoms. The first-order valence-electron chi connectivity index (χ1n) is 11.0. The number of nitrogens with zero attached hydrogens (tertiary/aromatic N) is 3. The molecule has 12 heteroatoms. The van der Waals surface area contributed by atoms with Crippen LogP contribution in [0.15, 0.2) is 35.4 Å². The summed E-state index contributed by atoms with van der Waals surface area (Å²) in [5, 5.41) is 9.18. The Bertz CT molecular complexity index is 1320. The van der Waals surface area contributed by atoms with Gasteiger partial charge >= 0.3 is 6.18 Å². The Labute approximate surface area is 198 Å². The van der Waals surface area contributed by atoms with Gasteiger partial charge in [-0.1, -0.05) is 0 Å². The van der Waals surface area contributed by atoms with Crippen molar-refractivity contribution >= 4 is 28.4 Å². The second-order valence-corrected chi connectivity index (χ2v) is 8.45. The number of carbonyl (C=O) groups is 1. The number of carbonyl (C=O) groups excluding carboxylic acids is 1. The first-order valence-corrected chi connectivity index (χ1v) is 11.0. The minimum Gasteiger partial charge on any atom is -0.483 e. The zero-order chi connectivity index (χ0) is 25.3. The summed E-state index contributed by atoms with van der Waals surface area (Å²) in [6, 6.07) is 4.29. The van der Waals surface area contributed by atoms with E-state index in [4.69, 9.17) is 4.74 Å². The van der Waals surface area contributed by atoms with E-state index in [-0.39, 0.29) is 28.7 Å². The molecule has 9 nitrogen and oxygen atoms in total. The first kappa shape index (κ1) is 24.5. The van der Waals surface area contributed by atoms with Gasteiger partial charge in [-0.3, -0.25) is 14.2 Å². The van der Waals surface area contributed by atoms with Crippen LogP contribution in [0.3, 0.4) is 0 Å². The number of ether oxygens (including phenoxy) is 1. The van der Waals surface area contributed by atoms with Crippen LogP contribution in [0.4, 0.5) is 24.7 Å². The Morgan fingerprint density at radius 2 is 2.03 bits per heavy atom. The lowest BCUT2D eigenvalue weighted by Crippen LogP contribution is -2.26. The Kier molecular flexibility index (Phi) is 6.66. The maximum absolute atomic E-state index is 13.5. The van der Waals surface area contributed by atoms with Crippen molar-refractivity contribution in [2.24, 2.45) is 7.05 Å². The molecule has 0 unspecified atom stereocenters. The second kappa shape index (κ2) is 9.53. The van der Waals surface area contributed by atoms with Gasteiger partial charge in [-0.05, 0) is 43.7 Å². The van der Waals surface area contributed by atoms with E-state index >= 15 is 0 Å². The van der Waals surface area contributed by atoms with E-state index in [0.717, 1.165) is 25.1 Å². The van der Waals surface area contributed by atoms with Gasteiger partial charge in [-0.2, -0.15) is 13.2 Å². The molecule has 1 fully saturated rings. The number of rotatable bonds is 6. The Balaban J connectivity index is 1.71. The number of fused-ring (bicyclic) bond motifs is 1. The summed E-state index contributed by atoms with van der Waals surface area (Å²) in [4.78, 5) is 32.7. The van der Waals surface area contributed by atoms with Crippen molar-refractivity contribution in [2.45, 2.75) is 38.6 Å². The molecule has 2 aromatic heterocycles. The van der Waals surface area contributed by atoms with Crippen molar-refractivity contribution in [1.29, 1.82) is 0 Å². The third-order valence-corrected chi connectivity index (χ3v) is 5.74. The van der Waals surface area contributed by atoms with Gasteiger partial charge in [-0.15, -0.1) is 0 Å². The number of nitrogens with one attached hydrogen (secondary N) is 3. The Morgan fingerprint density at radius 1 is 1.26 bits per heavy atom. The maximum Gasteiger partial charge on any atom is 0.416 e. The van der Waals surface area contributed by atoms with Gasteiger partial charge in [0.25, 0.3) is 5.56 Å². The van der Waals surface area contributed by atoms with Gasteiger partial charge in [-0.25, -0.2) is 9.97 Å². The molecule has 0 aliphatic carbocycles. The zero-order valence-electron chi connectivity index (χ0n) is 19.4. The van der Waals surface area contributed by atoms with Crippen LogP contribution >= 0.6 is 0 Å². The fourth-order valence-corrected chi connectivity index (χ4v) is 3.98. The number of hydrogen-bond donors (Lipinski definition) is 3. The predicted octanol–water partition coefficient (Wildman–Crippen LogP) is 3.22. The fraction of sp³-hybridized carbons (Fsp3) is 0.391. The summed E-state index contributed by atoms with van der Waals surface area (Å²) in [5.74, 6) is -0.0132. The largest absolute Gasteiger partial charge is 0.483 e. The lowest BCUT2D eigenvalue weighted by molar-refractivity contribution is -0.137. The van der Waals surface area contributed by atoms with Crippen molar-refractivity contribution in [3.63, 3.8) is 0 Å². The molecular formula is C23H25F3N6O3. The second-order valence-electron chi connectivity index (χ2n) is 8.45. The van der Waals surface area contributed by atoms with E-state index in [9.17, 15) is 22.8 Å².